The van der Waals surface area contributed by atoms with Crippen LogP contribution in [0.4, 0.5) is 24.5 Å². The van der Waals surface area contributed by atoms with Gasteiger partial charge in [-0.25, -0.2) is 0 Å². The highest BCUT2D eigenvalue weighted by atomic mass is 19.4. The number of esters is 1. The number of unbranched alkanes of at least 4 members (excludes halogenated alkanes) is 9. The van der Waals surface area contributed by atoms with Gasteiger partial charge >= 0.3 is 18.1 Å². The molecule has 2 heterocycles. The average molecular weight is 847 g/mol. The van der Waals surface area contributed by atoms with Crippen molar-refractivity contribution >= 4 is 45.1 Å². The molecule has 0 saturated heterocycles. The van der Waals surface area contributed by atoms with Crippen molar-refractivity contribution in [1.29, 1.82) is 0 Å². The monoisotopic (exact) mass is 847 g/mol. The number of rotatable bonds is 23. The van der Waals surface area contributed by atoms with Crippen molar-refractivity contribution in [3.05, 3.63) is 60.9 Å². The van der Waals surface area contributed by atoms with Crippen LogP contribution in [0.1, 0.15) is 90.9 Å². The first kappa shape index (κ1) is 53.1. The van der Waals surface area contributed by atoms with Gasteiger partial charge < -0.3 is 47.4 Å². The van der Waals surface area contributed by atoms with Crippen molar-refractivity contribution < 1.29 is 37.0 Å². The number of anilines is 2. The molecule has 60 heavy (non-hydrogen) atoms. The lowest BCUT2D eigenvalue weighted by Gasteiger charge is -2.11. The molecule has 2 aromatic heterocycles. The number of nitrogens with zero attached hydrogens (tertiary/aromatic N) is 2. The number of halogens is 3. The number of methoxy groups -OCH3 is 2. The van der Waals surface area contributed by atoms with E-state index in [0.717, 1.165) is 117 Å². The van der Waals surface area contributed by atoms with E-state index in [0.29, 0.717) is 18.8 Å². The number of nitrogens with two attached hydrogens (primary N) is 3. The van der Waals surface area contributed by atoms with Gasteiger partial charge in [-0.2, -0.15) is 13.2 Å². The normalized spacial score (nSPS) is 10.6. The highest BCUT2D eigenvalue weighted by Crippen LogP contribution is 2.29. The van der Waals surface area contributed by atoms with Crippen molar-refractivity contribution in [2.75, 3.05) is 70.7 Å². The Morgan fingerprint density at radius 3 is 1.35 bits per heavy atom. The van der Waals surface area contributed by atoms with Gasteiger partial charge in [0.1, 0.15) is 22.5 Å². The summed E-state index contributed by atoms with van der Waals surface area (Å²) in [6.07, 6.45) is 11.3. The molecule has 0 atom stereocenters. The Morgan fingerprint density at radius 2 is 1.02 bits per heavy atom. The lowest BCUT2D eigenvalue weighted by molar-refractivity contribution is -0.173. The summed E-state index contributed by atoms with van der Waals surface area (Å²) in [6, 6.07) is 15.6. The van der Waals surface area contributed by atoms with Crippen LogP contribution in [0.25, 0.3) is 21.8 Å². The molecule has 0 saturated carbocycles. The maximum atomic E-state index is 12.0. The molecular weight excluding hydrogens is 778 g/mol. The van der Waals surface area contributed by atoms with Gasteiger partial charge in [0, 0.05) is 61.1 Å². The van der Waals surface area contributed by atoms with Gasteiger partial charge in [-0.1, -0.05) is 62.8 Å². The largest absolute Gasteiger partial charge is 0.494 e. The van der Waals surface area contributed by atoms with E-state index in [1.54, 1.807) is 27.3 Å². The van der Waals surface area contributed by atoms with E-state index in [1.807, 2.05) is 54.0 Å². The van der Waals surface area contributed by atoms with Crippen molar-refractivity contribution in [3.63, 3.8) is 0 Å². The molecular formula is C44H69F3N8O5. The fourth-order valence-corrected chi connectivity index (χ4v) is 5.76. The second-order valence-electron chi connectivity index (χ2n) is 13.6. The van der Waals surface area contributed by atoms with Crippen LogP contribution >= 0.6 is 0 Å². The molecule has 0 bridgehead atoms. The molecule has 4 aromatic rings. The number of benzene rings is 2. The smallest absolute Gasteiger partial charge is 0.471 e. The number of para-hydroxylation sites is 2. The van der Waals surface area contributed by atoms with Crippen molar-refractivity contribution in [2.24, 2.45) is 17.2 Å². The summed E-state index contributed by atoms with van der Waals surface area (Å²) < 4.78 is 51.1. The van der Waals surface area contributed by atoms with Crippen LogP contribution < -0.4 is 42.6 Å². The number of hydrogen-bond acceptors (Lipinski definition) is 12. The van der Waals surface area contributed by atoms with Gasteiger partial charge in [-0.3, -0.25) is 19.6 Å². The van der Waals surface area contributed by atoms with Crippen molar-refractivity contribution in [3.8, 4) is 11.5 Å². The molecule has 0 spiro atoms. The Bertz CT molecular complexity index is 1740. The number of amides is 1. The van der Waals surface area contributed by atoms with Crippen molar-refractivity contribution in [1.82, 2.24) is 15.3 Å². The molecule has 336 valence electrons. The molecule has 9 N–H and O–H groups in total. The Labute approximate surface area is 354 Å². The quantitative estimate of drug-likeness (QED) is 0.0310. The molecule has 0 aliphatic rings. The topological polar surface area (TPSA) is 202 Å². The molecule has 0 fully saturated rings. The lowest BCUT2D eigenvalue weighted by atomic mass is 10.1. The molecule has 0 aliphatic carbocycles. The van der Waals surface area contributed by atoms with Gasteiger partial charge in [-0.05, 0) is 89.3 Å². The number of pyridine rings is 2. The summed E-state index contributed by atoms with van der Waals surface area (Å²) >= 11 is 0. The fraction of sp³-hybridized carbons (Fsp3) is 0.545. The summed E-state index contributed by atoms with van der Waals surface area (Å²) in [7, 11) is 3.28. The maximum absolute atomic E-state index is 12.0. The van der Waals surface area contributed by atoms with E-state index >= 15 is 0 Å². The minimum atomic E-state index is -4.81. The van der Waals surface area contributed by atoms with Crippen LogP contribution in [-0.2, 0) is 14.3 Å². The number of alkyl halides is 3. The van der Waals surface area contributed by atoms with E-state index in [-0.39, 0.29) is 12.5 Å². The van der Waals surface area contributed by atoms with Gasteiger partial charge in [-0.15, -0.1) is 0 Å². The zero-order chi connectivity index (χ0) is 44.4. The van der Waals surface area contributed by atoms with Crippen LogP contribution in [0.5, 0.6) is 11.5 Å². The standard InChI is InChI=1S/C18H22F3N3O2.C16H23N3O.C6H16N2.C4H8O2/c1-26-15-8-6-7-13-14(9-12-23-16(13)15)22-10-4-2-3-5-11-24-17(25)18(19,20)21;1-20-15-8-6-7-13-14(9-12-19-16(13)15)18-11-5-3-2-4-10-17;7-5-3-1-2-4-6-8;1-3-6-4(2)5/h6-9,12H,2-5,10-11H2,1H3,(H,22,23)(H,24,25);6-9,12H,2-5,10-11,17H2,1H3,(H,18,19);1-8H2;3H2,1-2H3. The van der Waals surface area contributed by atoms with E-state index in [2.05, 4.69) is 31.4 Å². The third-order valence-corrected chi connectivity index (χ3v) is 8.82. The predicted octanol–water partition coefficient (Wildman–Crippen LogP) is 8.10. The third kappa shape index (κ3) is 22.4. The van der Waals surface area contributed by atoms with Crippen LogP contribution in [-0.4, -0.2) is 88.1 Å². The Balaban J connectivity index is 0.000000464. The molecule has 4 rings (SSSR count). The van der Waals surface area contributed by atoms with Gasteiger partial charge in [0.15, 0.2) is 0 Å². The zero-order valence-electron chi connectivity index (χ0n) is 36.0. The van der Waals surface area contributed by atoms with E-state index in [1.165, 1.54) is 32.6 Å². The second-order valence-corrected chi connectivity index (χ2v) is 13.6. The maximum Gasteiger partial charge on any atom is 0.471 e. The molecule has 0 unspecified atom stereocenters. The van der Waals surface area contributed by atoms with Crippen LogP contribution in [0.2, 0.25) is 0 Å². The summed E-state index contributed by atoms with van der Waals surface area (Å²) in [6.45, 7) is 7.85. The van der Waals surface area contributed by atoms with E-state index in [4.69, 9.17) is 26.7 Å². The molecule has 1 amide bonds. The Morgan fingerprint density at radius 1 is 0.617 bits per heavy atom. The summed E-state index contributed by atoms with van der Waals surface area (Å²) in [5.74, 6) is -0.558. The average Bonchev–Trinajstić information content (AvgIpc) is 3.24. The summed E-state index contributed by atoms with van der Waals surface area (Å²) in [4.78, 5) is 29.2. The Hall–Kier alpha value is -4.93. The van der Waals surface area contributed by atoms with Crippen LogP contribution in [0.3, 0.4) is 0 Å². The molecule has 2 aromatic carbocycles. The molecule has 16 heteroatoms. The second kappa shape index (κ2) is 32.9. The molecule has 0 radical (unpaired) electrons. The minimum Gasteiger partial charge on any atom is -0.494 e. The highest BCUT2D eigenvalue weighted by Gasteiger charge is 2.38. The van der Waals surface area contributed by atoms with Crippen LogP contribution in [0.15, 0.2) is 60.9 Å². The van der Waals surface area contributed by atoms with Crippen LogP contribution in [0, 0.1) is 0 Å². The number of nitrogens with one attached hydrogen (secondary N) is 3. The lowest BCUT2D eigenvalue weighted by Crippen LogP contribution is -2.37. The fourth-order valence-electron chi connectivity index (χ4n) is 5.76. The number of aromatic nitrogens is 2. The first-order valence-electron chi connectivity index (χ1n) is 20.9. The molecule has 13 nitrogen and oxygen atoms in total. The van der Waals surface area contributed by atoms with Gasteiger partial charge in [0.2, 0.25) is 0 Å². The van der Waals surface area contributed by atoms with Gasteiger partial charge in [0.05, 0.1) is 20.8 Å². The van der Waals surface area contributed by atoms with E-state index < -0.39 is 12.1 Å². The SMILES string of the molecule is CCOC(C)=O.COc1cccc2c(NCCCCCCN)ccnc12.COc1cccc2c(NCCCCCCNC(=O)C(F)(F)F)ccnc12.NCCCCCCN. The first-order chi connectivity index (χ1) is 29.0. The number of ether oxygens (including phenoxy) is 3. The first-order valence-corrected chi connectivity index (χ1v) is 20.9. The van der Waals surface area contributed by atoms with Gasteiger partial charge in [0.25, 0.3) is 0 Å². The third-order valence-electron chi connectivity index (χ3n) is 8.82. The highest BCUT2D eigenvalue weighted by molar-refractivity contribution is 5.95. The number of carbonyl (C=O) groups excluding carboxylic acids is 2. The minimum absolute atomic E-state index is 0.0422. The summed E-state index contributed by atoms with van der Waals surface area (Å²) in [5.41, 5.74) is 19.8. The number of carbonyl (C=O) groups is 2. The molecule has 0 aliphatic heterocycles. The predicted molar refractivity (Wildman–Crippen MR) is 238 cm³/mol. The van der Waals surface area contributed by atoms with Crippen molar-refractivity contribution in [2.45, 2.75) is 97.1 Å². The summed E-state index contributed by atoms with van der Waals surface area (Å²) in [5, 5.41) is 10.8. The number of hydrogen-bond donors (Lipinski definition) is 6. The van der Waals surface area contributed by atoms with E-state index in [9.17, 15) is 22.8 Å². The zero-order valence-corrected chi connectivity index (χ0v) is 36.0. The Kier molecular flexibility index (Phi) is 29.1. The number of fused-ring (bicyclic) bond motifs is 2.